The van der Waals surface area contributed by atoms with E-state index in [4.69, 9.17) is 10.5 Å². The molecule has 0 bridgehead atoms. The van der Waals surface area contributed by atoms with E-state index in [1.54, 1.807) is 0 Å². The van der Waals surface area contributed by atoms with Crippen molar-refractivity contribution in [1.82, 2.24) is 9.55 Å². The molecule has 1 aromatic carbocycles. The lowest BCUT2D eigenvalue weighted by molar-refractivity contribution is 0.171. The van der Waals surface area contributed by atoms with Crippen LogP contribution in [0.2, 0.25) is 0 Å². The maximum absolute atomic E-state index is 6.25. The van der Waals surface area contributed by atoms with Gasteiger partial charge in [-0.05, 0) is 48.4 Å². The summed E-state index contributed by atoms with van der Waals surface area (Å²) in [5, 5.41) is 1.22. The predicted octanol–water partition coefficient (Wildman–Crippen LogP) is 3.39. The fraction of sp³-hybridized carbons (Fsp3) is 0.381. The average Bonchev–Trinajstić information content (AvgIpc) is 3.03. The number of fused-ring (bicyclic) bond motifs is 1. The molecule has 0 amide bonds. The first kappa shape index (κ1) is 16.9. The van der Waals surface area contributed by atoms with E-state index in [0.717, 1.165) is 43.1 Å². The van der Waals surface area contributed by atoms with Crippen molar-refractivity contribution in [1.29, 1.82) is 0 Å². The van der Waals surface area contributed by atoms with E-state index >= 15 is 0 Å². The summed E-state index contributed by atoms with van der Waals surface area (Å²) in [6.45, 7) is 4.58. The van der Waals surface area contributed by atoms with Crippen molar-refractivity contribution in [2.24, 2.45) is 12.8 Å². The van der Waals surface area contributed by atoms with Gasteiger partial charge in [-0.3, -0.25) is 0 Å². The van der Waals surface area contributed by atoms with E-state index in [9.17, 15) is 0 Å². The minimum atomic E-state index is 0.260. The number of hydrogen-bond donors (Lipinski definition) is 1. The molecule has 0 unspecified atom stereocenters. The van der Waals surface area contributed by atoms with Crippen LogP contribution in [-0.4, -0.2) is 28.7 Å². The Morgan fingerprint density at radius 1 is 1.19 bits per heavy atom. The molecule has 26 heavy (non-hydrogen) atoms. The Labute approximate surface area is 154 Å². The summed E-state index contributed by atoms with van der Waals surface area (Å²) >= 11 is 0. The van der Waals surface area contributed by atoms with Crippen LogP contribution in [0.4, 0.5) is 5.82 Å². The molecular weight excluding hydrogens is 324 g/mol. The van der Waals surface area contributed by atoms with Gasteiger partial charge in [-0.25, -0.2) is 4.98 Å². The van der Waals surface area contributed by atoms with Gasteiger partial charge in [0.15, 0.2) is 0 Å². The van der Waals surface area contributed by atoms with Crippen molar-refractivity contribution in [3.8, 4) is 5.75 Å². The van der Waals surface area contributed by atoms with Gasteiger partial charge in [0.2, 0.25) is 0 Å². The van der Waals surface area contributed by atoms with Crippen molar-refractivity contribution in [3.05, 3.63) is 53.9 Å². The van der Waals surface area contributed by atoms with Gasteiger partial charge in [0.1, 0.15) is 17.7 Å². The van der Waals surface area contributed by atoms with E-state index in [-0.39, 0.29) is 6.10 Å². The quantitative estimate of drug-likeness (QED) is 0.784. The van der Waals surface area contributed by atoms with E-state index in [2.05, 4.69) is 65.0 Å². The highest BCUT2D eigenvalue weighted by Gasteiger charge is 2.22. The van der Waals surface area contributed by atoms with Gasteiger partial charge < -0.3 is 19.9 Å². The molecule has 1 fully saturated rings. The number of piperidine rings is 1. The Bertz CT molecular complexity index is 910. The number of nitrogens with zero attached hydrogens (tertiary/aromatic N) is 3. The van der Waals surface area contributed by atoms with Crippen molar-refractivity contribution in [2.75, 3.05) is 18.0 Å². The van der Waals surface area contributed by atoms with Crippen LogP contribution in [0.25, 0.3) is 10.9 Å². The van der Waals surface area contributed by atoms with Crippen LogP contribution in [0.1, 0.15) is 24.0 Å². The van der Waals surface area contributed by atoms with E-state index < -0.39 is 0 Å². The molecule has 3 aromatic rings. The number of benzene rings is 1. The van der Waals surface area contributed by atoms with Crippen molar-refractivity contribution >= 4 is 16.7 Å². The number of ether oxygens (including phenoxy) is 1. The molecule has 5 heteroatoms. The minimum Gasteiger partial charge on any atom is -0.490 e. The van der Waals surface area contributed by atoms with Crippen molar-refractivity contribution in [3.63, 3.8) is 0 Å². The highest BCUT2D eigenvalue weighted by molar-refractivity contribution is 5.81. The second-order valence-electron chi connectivity index (χ2n) is 7.14. The van der Waals surface area contributed by atoms with Gasteiger partial charge in [-0.2, -0.15) is 0 Å². The summed E-state index contributed by atoms with van der Waals surface area (Å²) in [5.41, 5.74) is 9.21. The lowest BCUT2D eigenvalue weighted by Crippen LogP contribution is -2.39. The first-order chi connectivity index (χ1) is 12.6. The lowest BCUT2D eigenvalue weighted by atomic mass is 10.1. The van der Waals surface area contributed by atoms with Crippen molar-refractivity contribution in [2.45, 2.75) is 32.4 Å². The zero-order valence-electron chi connectivity index (χ0n) is 15.5. The van der Waals surface area contributed by atoms with Crippen LogP contribution in [0, 0.1) is 6.92 Å². The predicted molar refractivity (Wildman–Crippen MR) is 106 cm³/mol. The number of nitrogens with two attached hydrogens (primary N) is 1. The molecule has 0 aliphatic carbocycles. The molecule has 0 atom stereocenters. The first-order valence-corrected chi connectivity index (χ1v) is 9.26. The first-order valence-electron chi connectivity index (χ1n) is 9.26. The Hall–Kier alpha value is -2.53. The third kappa shape index (κ3) is 3.27. The molecule has 4 rings (SSSR count). The smallest absolute Gasteiger partial charge is 0.131 e. The molecule has 2 N–H and O–H groups in total. The summed E-state index contributed by atoms with van der Waals surface area (Å²) in [6.07, 6.45) is 6.24. The van der Waals surface area contributed by atoms with Crippen LogP contribution in [-0.2, 0) is 13.6 Å². The summed E-state index contributed by atoms with van der Waals surface area (Å²) < 4.78 is 8.38. The standard InChI is InChI=1S/C21H26N4O/c1-15-11-16(13-22)14-23-21(15)25-9-6-18(7-10-25)26-19-3-4-20-17(12-19)5-8-24(20)2/h3-5,8,11-12,14,18H,6-7,9-10,13,22H2,1-2H3. The van der Waals surface area contributed by atoms with Crippen molar-refractivity contribution < 1.29 is 4.74 Å². The van der Waals surface area contributed by atoms with Gasteiger partial charge in [0.05, 0.1) is 0 Å². The third-order valence-corrected chi connectivity index (χ3v) is 5.24. The normalized spacial score (nSPS) is 15.6. The maximum atomic E-state index is 6.25. The second kappa shape index (κ2) is 7.00. The molecule has 136 valence electrons. The largest absolute Gasteiger partial charge is 0.490 e. The monoisotopic (exact) mass is 350 g/mol. The second-order valence-corrected chi connectivity index (χ2v) is 7.14. The fourth-order valence-corrected chi connectivity index (χ4v) is 3.78. The summed E-state index contributed by atoms with van der Waals surface area (Å²) in [7, 11) is 2.06. The number of anilines is 1. The van der Waals surface area contributed by atoms with E-state index in [1.165, 1.54) is 16.5 Å². The number of pyridine rings is 1. The molecule has 5 nitrogen and oxygen atoms in total. The highest BCUT2D eigenvalue weighted by atomic mass is 16.5. The minimum absolute atomic E-state index is 0.260. The number of aryl methyl sites for hydroxylation is 2. The van der Waals surface area contributed by atoms with Crippen LogP contribution < -0.4 is 15.4 Å². The number of rotatable bonds is 4. The molecule has 0 spiro atoms. The lowest BCUT2D eigenvalue weighted by Gasteiger charge is -2.33. The average molecular weight is 350 g/mol. The Balaban J connectivity index is 1.40. The fourth-order valence-electron chi connectivity index (χ4n) is 3.78. The van der Waals surface area contributed by atoms with Gasteiger partial charge in [0.25, 0.3) is 0 Å². The highest BCUT2D eigenvalue weighted by Crippen LogP contribution is 2.26. The zero-order valence-corrected chi connectivity index (χ0v) is 15.5. The third-order valence-electron chi connectivity index (χ3n) is 5.24. The topological polar surface area (TPSA) is 56.3 Å². The molecule has 3 heterocycles. The van der Waals surface area contributed by atoms with Gasteiger partial charge in [-0.15, -0.1) is 0 Å². The maximum Gasteiger partial charge on any atom is 0.131 e. The Kier molecular flexibility index (Phi) is 4.55. The van der Waals surface area contributed by atoms with Gasteiger partial charge >= 0.3 is 0 Å². The summed E-state index contributed by atoms with van der Waals surface area (Å²) in [5.74, 6) is 2.04. The molecule has 1 aliphatic heterocycles. The zero-order chi connectivity index (χ0) is 18.1. The van der Waals surface area contributed by atoms with Crippen LogP contribution in [0.15, 0.2) is 42.7 Å². The summed E-state index contributed by atoms with van der Waals surface area (Å²) in [4.78, 5) is 6.98. The number of hydrogen-bond acceptors (Lipinski definition) is 4. The SMILES string of the molecule is Cc1cc(CN)cnc1N1CCC(Oc2ccc3c(ccn3C)c2)CC1. The Morgan fingerprint density at radius 3 is 2.73 bits per heavy atom. The van der Waals surface area contributed by atoms with Crippen LogP contribution in [0.5, 0.6) is 5.75 Å². The molecule has 2 aromatic heterocycles. The van der Waals surface area contributed by atoms with Gasteiger partial charge in [0, 0.05) is 62.8 Å². The summed E-state index contributed by atoms with van der Waals surface area (Å²) in [6, 6.07) is 10.6. The van der Waals surface area contributed by atoms with Crippen LogP contribution >= 0.6 is 0 Å². The van der Waals surface area contributed by atoms with Gasteiger partial charge in [-0.1, -0.05) is 0 Å². The Morgan fingerprint density at radius 2 is 2.00 bits per heavy atom. The van der Waals surface area contributed by atoms with E-state index in [1.807, 2.05) is 6.20 Å². The molecule has 0 radical (unpaired) electrons. The number of aromatic nitrogens is 2. The van der Waals surface area contributed by atoms with Crippen LogP contribution in [0.3, 0.4) is 0 Å². The molecule has 1 aliphatic rings. The van der Waals surface area contributed by atoms with E-state index in [0.29, 0.717) is 6.54 Å². The molecule has 0 saturated carbocycles. The molecular formula is C21H26N4O. The molecule has 1 saturated heterocycles.